The fourth-order valence-corrected chi connectivity index (χ4v) is 2.58. The Hall–Kier alpha value is -2.10. The average molecular weight is 357 g/mol. The summed E-state index contributed by atoms with van der Waals surface area (Å²) in [5, 5.41) is 8.54. The van der Waals surface area contributed by atoms with E-state index in [1.54, 1.807) is 0 Å². The summed E-state index contributed by atoms with van der Waals surface area (Å²) >= 11 is 0. The highest BCUT2D eigenvalue weighted by Gasteiger charge is 2.09. The van der Waals surface area contributed by atoms with E-state index in [1.165, 1.54) is 25.7 Å². The zero-order chi connectivity index (χ0) is 18.6. The molecule has 0 aliphatic carbocycles. The molecule has 26 heavy (non-hydrogen) atoms. The number of rotatable bonds is 12. The minimum atomic E-state index is 0.530. The van der Waals surface area contributed by atoms with Gasteiger partial charge in [0.2, 0.25) is 5.88 Å². The minimum Gasteiger partial charge on any atom is -0.493 e. The lowest BCUT2D eigenvalue weighted by molar-refractivity contribution is 0.257. The molecule has 0 N–H and O–H groups in total. The smallest absolute Gasteiger partial charge is 0.233 e. The Balaban J connectivity index is 1.91. The van der Waals surface area contributed by atoms with Crippen molar-refractivity contribution >= 4 is 0 Å². The molecule has 0 spiro atoms. The monoisotopic (exact) mass is 356 g/mol. The van der Waals surface area contributed by atoms with E-state index in [1.807, 2.05) is 36.4 Å². The second-order valence-electron chi connectivity index (χ2n) is 6.84. The molecule has 0 aliphatic rings. The maximum absolute atomic E-state index is 5.99. The van der Waals surface area contributed by atoms with Gasteiger partial charge in [0.25, 0.3) is 0 Å². The molecule has 142 valence electrons. The lowest BCUT2D eigenvalue weighted by atomic mass is 10.1. The van der Waals surface area contributed by atoms with Crippen molar-refractivity contribution in [1.82, 2.24) is 10.2 Å². The number of benzene rings is 1. The summed E-state index contributed by atoms with van der Waals surface area (Å²) in [7, 11) is 0. The van der Waals surface area contributed by atoms with Crippen molar-refractivity contribution in [3.63, 3.8) is 0 Å². The number of aromatic nitrogens is 2. The van der Waals surface area contributed by atoms with Crippen LogP contribution in [0.1, 0.15) is 59.3 Å². The van der Waals surface area contributed by atoms with Crippen LogP contribution >= 0.6 is 0 Å². The van der Waals surface area contributed by atoms with Gasteiger partial charge in [-0.25, -0.2) is 0 Å². The van der Waals surface area contributed by atoms with E-state index in [9.17, 15) is 0 Å². The molecule has 0 aliphatic heterocycles. The molecule has 2 rings (SSSR count). The lowest BCUT2D eigenvalue weighted by Gasteiger charge is -2.14. The number of unbranched alkanes of at least 4 members (excludes halogenated alkanes) is 4. The van der Waals surface area contributed by atoms with Crippen molar-refractivity contribution in [3.8, 4) is 22.9 Å². The van der Waals surface area contributed by atoms with Gasteiger partial charge < -0.3 is 9.47 Å². The predicted molar refractivity (Wildman–Crippen MR) is 107 cm³/mol. The van der Waals surface area contributed by atoms with Gasteiger partial charge in [-0.15, -0.1) is 10.2 Å². The molecule has 0 bridgehead atoms. The summed E-state index contributed by atoms with van der Waals surface area (Å²) in [5.74, 6) is 1.97. The molecule has 2 aromatic rings. The van der Waals surface area contributed by atoms with Gasteiger partial charge in [0.1, 0.15) is 5.75 Å². The third-order valence-corrected chi connectivity index (χ3v) is 4.52. The quantitative estimate of drug-likeness (QED) is 0.443. The Kier molecular flexibility index (Phi) is 8.94. The van der Waals surface area contributed by atoms with Gasteiger partial charge in [-0.2, -0.15) is 0 Å². The van der Waals surface area contributed by atoms with Gasteiger partial charge in [0, 0.05) is 11.6 Å². The Morgan fingerprint density at radius 2 is 1.69 bits per heavy atom. The zero-order valence-corrected chi connectivity index (χ0v) is 16.4. The first-order valence-corrected chi connectivity index (χ1v) is 9.93. The van der Waals surface area contributed by atoms with Gasteiger partial charge in [-0.05, 0) is 30.5 Å². The average Bonchev–Trinajstić information content (AvgIpc) is 2.69. The summed E-state index contributed by atoms with van der Waals surface area (Å²) in [5.41, 5.74) is 1.77. The molecular weight excluding hydrogens is 324 g/mol. The SMILES string of the molecule is CCCCCCCOc1ccc(-c2ccccc2OCC(C)CC)nn1. The molecule has 4 nitrogen and oxygen atoms in total. The van der Waals surface area contributed by atoms with Crippen molar-refractivity contribution in [2.24, 2.45) is 5.92 Å². The number of nitrogens with zero attached hydrogens (tertiary/aromatic N) is 2. The normalized spacial score (nSPS) is 12.0. The Bertz CT molecular complexity index is 628. The maximum atomic E-state index is 5.99. The number of hydrogen-bond donors (Lipinski definition) is 0. The van der Waals surface area contributed by atoms with E-state index in [-0.39, 0.29) is 0 Å². The molecule has 1 heterocycles. The van der Waals surface area contributed by atoms with Crippen LogP contribution in [0.15, 0.2) is 36.4 Å². The van der Waals surface area contributed by atoms with Crippen LogP contribution < -0.4 is 9.47 Å². The van der Waals surface area contributed by atoms with E-state index in [0.29, 0.717) is 25.0 Å². The second kappa shape index (κ2) is 11.5. The topological polar surface area (TPSA) is 44.2 Å². The number of hydrogen-bond acceptors (Lipinski definition) is 4. The van der Waals surface area contributed by atoms with E-state index in [2.05, 4.69) is 31.0 Å². The van der Waals surface area contributed by atoms with Gasteiger partial charge in [0.15, 0.2) is 0 Å². The van der Waals surface area contributed by atoms with E-state index in [0.717, 1.165) is 29.8 Å². The lowest BCUT2D eigenvalue weighted by Crippen LogP contribution is -2.08. The number of para-hydroxylation sites is 1. The van der Waals surface area contributed by atoms with Crippen molar-refractivity contribution in [3.05, 3.63) is 36.4 Å². The fourth-order valence-electron chi connectivity index (χ4n) is 2.58. The van der Waals surface area contributed by atoms with Crippen LogP contribution in [-0.4, -0.2) is 23.4 Å². The molecule has 1 aromatic heterocycles. The zero-order valence-electron chi connectivity index (χ0n) is 16.4. The van der Waals surface area contributed by atoms with Crippen molar-refractivity contribution in [1.29, 1.82) is 0 Å². The van der Waals surface area contributed by atoms with Crippen LogP contribution in [0, 0.1) is 5.92 Å². The highest BCUT2D eigenvalue weighted by Crippen LogP contribution is 2.29. The molecule has 0 amide bonds. The highest BCUT2D eigenvalue weighted by molar-refractivity contribution is 5.66. The molecule has 1 unspecified atom stereocenters. The van der Waals surface area contributed by atoms with Crippen molar-refractivity contribution < 1.29 is 9.47 Å². The van der Waals surface area contributed by atoms with Gasteiger partial charge in [-0.3, -0.25) is 0 Å². The standard InChI is InChI=1S/C22H32N2O2/c1-4-6-7-8-11-16-25-22-15-14-20(23-24-22)19-12-9-10-13-21(19)26-17-18(3)5-2/h9-10,12-15,18H,4-8,11,16-17H2,1-3H3. The second-order valence-corrected chi connectivity index (χ2v) is 6.84. The van der Waals surface area contributed by atoms with Gasteiger partial charge in [-0.1, -0.05) is 65.0 Å². The fraction of sp³-hybridized carbons (Fsp3) is 0.545. The summed E-state index contributed by atoms with van der Waals surface area (Å²) in [6.45, 7) is 8.00. The first kappa shape index (κ1) is 20.2. The maximum Gasteiger partial charge on any atom is 0.233 e. The van der Waals surface area contributed by atoms with Gasteiger partial charge in [0.05, 0.1) is 18.9 Å². The molecule has 0 saturated heterocycles. The van der Waals surface area contributed by atoms with Crippen LogP contribution in [-0.2, 0) is 0 Å². The Morgan fingerprint density at radius 3 is 2.42 bits per heavy atom. The molecule has 1 atom stereocenters. The first-order chi connectivity index (χ1) is 12.7. The minimum absolute atomic E-state index is 0.530. The molecule has 0 saturated carbocycles. The summed E-state index contributed by atoms with van der Waals surface area (Å²) in [4.78, 5) is 0. The van der Waals surface area contributed by atoms with Crippen molar-refractivity contribution in [2.75, 3.05) is 13.2 Å². The van der Waals surface area contributed by atoms with Gasteiger partial charge >= 0.3 is 0 Å². The van der Waals surface area contributed by atoms with Crippen LogP contribution in [0.3, 0.4) is 0 Å². The molecule has 0 fully saturated rings. The van der Waals surface area contributed by atoms with Crippen LogP contribution in [0.5, 0.6) is 11.6 Å². The molecular formula is C22H32N2O2. The van der Waals surface area contributed by atoms with Crippen LogP contribution in [0.25, 0.3) is 11.3 Å². The van der Waals surface area contributed by atoms with Crippen LogP contribution in [0.4, 0.5) is 0 Å². The molecule has 4 heteroatoms. The van der Waals surface area contributed by atoms with Crippen LogP contribution in [0.2, 0.25) is 0 Å². The number of ether oxygens (including phenoxy) is 2. The summed E-state index contributed by atoms with van der Waals surface area (Å²) in [6, 6.07) is 11.8. The Morgan fingerprint density at radius 1 is 0.885 bits per heavy atom. The molecule has 1 aromatic carbocycles. The summed E-state index contributed by atoms with van der Waals surface area (Å²) in [6.07, 6.45) is 7.21. The Labute approximate surface area is 158 Å². The summed E-state index contributed by atoms with van der Waals surface area (Å²) < 4.78 is 11.7. The third-order valence-electron chi connectivity index (χ3n) is 4.52. The third kappa shape index (κ3) is 6.66. The van der Waals surface area contributed by atoms with Crippen molar-refractivity contribution in [2.45, 2.75) is 59.3 Å². The van der Waals surface area contributed by atoms with E-state index >= 15 is 0 Å². The first-order valence-electron chi connectivity index (χ1n) is 9.93. The van der Waals surface area contributed by atoms with E-state index < -0.39 is 0 Å². The largest absolute Gasteiger partial charge is 0.493 e. The molecule has 0 radical (unpaired) electrons. The highest BCUT2D eigenvalue weighted by atomic mass is 16.5. The van der Waals surface area contributed by atoms with E-state index in [4.69, 9.17) is 9.47 Å². The predicted octanol–water partition coefficient (Wildman–Crippen LogP) is 5.92.